The number of hydrogen-bond acceptors (Lipinski definition) is 3. The molecule has 1 fully saturated rings. The quantitative estimate of drug-likeness (QED) is 0.773. The number of aliphatic carboxylic acids is 1. The monoisotopic (exact) mass is 209 g/mol. The number of nitrogens with two attached hydrogens (primary N) is 1. The maximum atomic E-state index is 11.4. The third-order valence-electron chi connectivity index (χ3n) is 3.37. The van der Waals surface area contributed by atoms with Gasteiger partial charge in [-0.3, -0.25) is 4.79 Å². The van der Waals surface area contributed by atoms with Gasteiger partial charge in [0.1, 0.15) is 0 Å². The maximum Gasteiger partial charge on any atom is 0.314 e. The van der Waals surface area contributed by atoms with E-state index in [1.165, 1.54) is 12.5 Å². The van der Waals surface area contributed by atoms with Crippen LogP contribution in [0.5, 0.6) is 0 Å². The van der Waals surface area contributed by atoms with Gasteiger partial charge in [0.15, 0.2) is 0 Å². The van der Waals surface area contributed by atoms with Gasteiger partial charge < -0.3 is 15.3 Å². The van der Waals surface area contributed by atoms with E-state index in [2.05, 4.69) is 0 Å². The lowest BCUT2D eigenvalue weighted by Gasteiger charge is -2.34. The third-order valence-corrected chi connectivity index (χ3v) is 3.37. The first kappa shape index (κ1) is 10.2. The molecule has 0 amide bonds. The minimum atomic E-state index is -0.775. The summed E-state index contributed by atoms with van der Waals surface area (Å²) in [4.78, 5) is 11.4. The van der Waals surface area contributed by atoms with E-state index < -0.39 is 11.4 Å². The van der Waals surface area contributed by atoms with Gasteiger partial charge in [-0.05, 0) is 31.7 Å². The van der Waals surface area contributed by atoms with Crippen molar-refractivity contribution in [3.05, 3.63) is 24.2 Å². The summed E-state index contributed by atoms with van der Waals surface area (Å²) in [6.45, 7) is 0. The van der Waals surface area contributed by atoms with Crippen molar-refractivity contribution in [3.8, 4) is 0 Å². The van der Waals surface area contributed by atoms with E-state index >= 15 is 0 Å². The Morgan fingerprint density at radius 3 is 2.67 bits per heavy atom. The SMILES string of the molecule is NC1CCC(C(=O)O)(c2ccoc2)CC1. The summed E-state index contributed by atoms with van der Waals surface area (Å²) in [5.41, 5.74) is 5.78. The summed E-state index contributed by atoms with van der Waals surface area (Å²) in [6.07, 6.45) is 5.78. The molecule has 1 aliphatic rings. The van der Waals surface area contributed by atoms with Crippen LogP contribution >= 0.6 is 0 Å². The highest BCUT2D eigenvalue weighted by Gasteiger charge is 2.43. The molecule has 15 heavy (non-hydrogen) atoms. The predicted octanol–water partition coefficient (Wildman–Crippen LogP) is 1.50. The minimum absolute atomic E-state index is 0.143. The lowest BCUT2D eigenvalue weighted by molar-refractivity contribution is -0.145. The van der Waals surface area contributed by atoms with Crippen LogP contribution in [0.3, 0.4) is 0 Å². The molecule has 3 N–H and O–H groups in total. The van der Waals surface area contributed by atoms with E-state index in [1.807, 2.05) is 0 Å². The molecule has 0 atom stereocenters. The van der Waals surface area contributed by atoms with Gasteiger partial charge in [0.05, 0.1) is 17.9 Å². The Morgan fingerprint density at radius 1 is 1.53 bits per heavy atom. The molecule has 1 heterocycles. The van der Waals surface area contributed by atoms with E-state index in [-0.39, 0.29) is 6.04 Å². The first-order valence-electron chi connectivity index (χ1n) is 5.17. The van der Waals surface area contributed by atoms with Crippen molar-refractivity contribution < 1.29 is 14.3 Å². The molecular weight excluding hydrogens is 194 g/mol. The topological polar surface area (TPSA) is 76.5 Å². The fraction of sp³-hybridized carbons (Fsp3) is 0.545. The zero-order valence-electron chi connectivity index (χ0n) is 8.48. The molecule has 1 aromatic heterocycles. The molecule has 0 aliphatic heterocycles. The van der Waals surface area contributed by atoms with Crippen LogP contribution in [-0.4, -0.2) is 17.1 Å². The molecule has 1 saturated carbocycles. The summed E-state index contributed by atoms with van der Waals surface area (Å²) in [7, 11) is 0. The Bertz CT molecular complexity index is 337. The Morgan fingerprint density at radius 2 is 2.20 bits per heavy atom. The second-order valence-corrected chi connectivity index (χ2v) is 4.24. The number of carboxylic acids is 1. The molecule has 2 rings (SSSR count). The number of carbonyl (C=O) groups is 1. The minimum Gasteiger partial charge on any atom is -0.481 e. The van der Waals surface area contributed by atoms with Crippen molar-refractivity contribution in [2.24, 2.45) is 5.73 Å². The maximum absolute atomic E-state index is 11.4. The van der Waals surface area contributed by atoms with Gasteiger partial charge in [-0.2, -0.15) is 0 Å². The van der Waals surface area contributed by atoms with Gasteiger partial charge in [-0.25, -0.2) is 0 Å². The van der Waals surface area contributed by atoms with Crippen LogP contribution in [0.2, 0.25) is 0 Å². The average molecular weight is 209 g/mol. The van der Waals surface area contributed by atoms with Crippen LogP contribution in [0, 0.1) is 0 Å². The van der Waals surface area contributed by atoms with Gasteiger partial charge in [-0.15, -0.1) is 0 Å². The largest absolute Gasteiger partial charge is 0.481 e. The highest BCUT2D eigenvalue weighted by atomic mass is 16.4. The lowest BCUT2D eigenvalue weighted by atomic mass is 9.69. The molecule has 82 valence electrons. The molecule has 4 heteroatoms. The van der Waals surface area contributed by atoms with Crippen molar-refractivity contribution in [1.29, 1.82) is 0 Å². The standard InChI is InChI=1S/C11H15NO3/c12-9-1-4-11(5-2-9,10(13)14)8-3-6-15-7-8/h3,6-7,9H,1-2,4-5,12H2,(H,13,14). The average Bonchev–Trinajstić information content (AvgIpc) is 2.72. The molecule has 0 saturated heterocycles. The molecular formula is C11H15NO3. The van der Waals surface area contributed by atoms with Crippen LogP contribution in [-0.2, 0) is 10.2 Å². The Kier molecular flexibility index (Phi) is 2.52. The summed E-state index contributed by atoms with van der Waals surface area (Å²) in [5, 5.41) is 9.36. The van der Waals surface area contributed by atoms with Crippen molar-refractivity contribution in [3.63, 3.8) is 0 Å². The zero-order valence-corrected chi connectivity index (χ0v) is 8.48. The van der Waals surface area contributed by atoms with Crippen molar-refractivity contribution in [2.75, 3.05) is 0 Å². The molecule has 4 nitrogen and oxygen atoms in total. The summed E-state index contributed by atoms with van der Waals surface area (Å²) in [6, 6.07) is 1.88. The van der Waals surface area contributed by atoms with Crippen LogP contribution in [0.4, 0.5) is 0 Å². The molecule has 0 spiro atoms. The molecule has 1 aromatic rings. The van der Waals surface area contributed by atoms with E-state index in [0.29, 0.717) is 12.8 Å². The van der Waals surface area contributed by atoms with E-state index in [9.17, 15) is 9.90 Å². The first-order chi connectivity index (χ1) is 7.15. The highest BCUT2D eigenvalue weighted by molar-refractivity contribution is 5.81. The first-order valence-corrected chi connectivity index (χ1v) is 5.17. The van der Waals surface area contributed by atoms with Crippen LogP contribution < -0.4 is 5.73 Å². The smallest absolute Gasteiger partial charge is 0.314 e. The molecule has 0 radical (unpaired) electrons. The Balaban J connectivity index is 2.30. The van der Waals surface area contributed by atoms with Gasteiger partial charge in [-0.1, -0.05) is 0 Å². The van der Waals surface area contributed by atoms with E-state index in [0.717, 1.165) is 18.4 Å². The fourth-order valence-electron chi connectivity index (χ4n) is 2.30. The van der Waals surface area contributed by atoms with Crippen LogP contribution in [0.1, 0.15) is 31.2 Å². The van der Waals surface area contributed by atoms with Gasteiger partial charge in [0.25, 0.3) is 0 Å². The second kappa shape index (κ2) is 3.70. The number of hydrogen-bond donors (Lipinski definition) is 2. The Hall–Kier alpha value is -1.29. The summed E-state index contributed by atoms with van der Waals surface area (Å²) in [5.74, 6) is -0.768. The predicted molar refractivity (Wildman–Crippen MR) is 54.5 cm³/mol. The zero-order chi connectivity index (χ0) is 10.9. The van der Waals surface area contributed by atoms with Crippen molar-refractivity contribution >= 4 is 5.97 Å². The summed E-state index contributed by atoms with van der Waals surface area (Å²) >= 11 is 0. The third kappa shape index (κ3) is 1.65. The normalized spacial score (nSPS) is 31.4. The van der Waals surface area contributed by atoms with Crippen LogP contribution in [0.15, 0.2) is 23.0 Å². The molecule has 1 aliphatic carbocycles. The van der Waals surface area contributed by atoms with Gasteiger partial charge in [0, 0.05) is 11.6 Å². The fourth-order valence-corrected chi connectivity index (χ4v) is 2.30. The number of rotatable bonds is 2. The number of carboxylic acid groups (broad SMARTS) is 1. The van der Waals surface area contributed by atoms with E-state index in [4.69, 9.17) is 10.2 Å². The Labute approximate surface area is 88.1 Å². The van der Waals surface area contributed by atoms with Crippen LogP contribution in [0.25, 0.3) is 0 Å². The van der Waals surface area contributed by atoms with Gasteiger partial charge >= 0.3 is 5.97 Å². The molecule has 0 aromatic carbocycles. The van der Waals surface area contributed by atoms with Crippen molar-refractivity contribution in [1.82, 2.24) is 0 Å². The summed E-state index contributed by atoms with van der Waals surface area (Å²) < 4.78 is 4.98. The molecule has 0 bridgehead atoms. The lowest BCUT2D eigenvalue weighted by Crippen LogP contribution is -2.42. The highest BCUT2D eigenvalue weighted by Crippen LogP contribution is 2.39. The second-order valence-electron chi connectivity index (χ2n) is 4.24. The van der Waals surface area contributed by atoms with Gasteiger partial charge in [0.2, 0.25) is 0 Å². The van der Waals surface area contributed by atoms with E-state index in [1.54, 1.807) is 6.07 Å². The number of furan rings is 1. The van der Waals surface area contributed by atoms with Crippen molar-refractivity contribution in [2.45, 2.75) is 37.1 Å². The molecule has 0 unspecified atom stereocenters.